The molecule has 0 amide bonds. The fourth-order valence-corrected chi connectivity index (χ4v) is 2.57. The Hall–Kier alpha value is -0.835. The lowest BCUT2D eigenvalue weighted by Gasteiger charge is -2.33. The van der Waals surface area contributed by atoms with E-state index in [1.807, 2.05) is 0 Å². The van der Waals surface area contributed by atoms with Crippen LogP contribution in [0.1, 0.15) is 32.3 Å². The van der Waals surface area contributed by atoms with E-state index in [9.17, 15) is 5.11 Å². The second-order valence-electron chi connectivity index (χ2n) is 6.68. The summed E-state index contributed by atoms with van der Waals surface area (Å²) in [4.78, 5) is 0. The Balaban J connectivity index is 1.70. The molecule has 0 spiro atoms. The maximum absolute atomic E-state index is 9.44. The third kappa shape index (κ3) is 2.57. The minimum atomic E-state index is -0.244. The third-order valence-corrected chi connectivity index (χ3v) is 4.20. The lowest BCUT2D eigenvalue weighted by atomic mass is 9.75. The molecular formula is C15H21BO3. The molecule has 0 bridgehead atoms. The van der Waals surface area contributed by atoms with Crippen LogP contribution in [-0.4, -0.2) is 32.0 Å². The normalized spacial score (nSPS) is 24.3. The molecule has 4 heteroatoms. The van der Waals surface area contributed by atoms with E-state index in [0.717, 1.165) is 31.5 Å². The molecule has 1 saturated carbocycles. The van der Waals surface area contributed by atoms with Crippen molar-refractivity contribution < 1.29 is 14.4 Å². The van der Waals surface area contributed by atoms with Crippen LogP contribution >= 0.6 is 0 Å². The fraction of sp³-hybridized carbons (Fsp3) is 0.600. The largest absolute Gasteiger partial charge is 0.493 e. The monoisotopic (exact) mass is 260 g/mol. The number of rotatable bonds is 3. The third-order valence-electron chi connectivity index (χ3n) is 4.20. The van der Waals surface area contributed by atoms with Crippen LogP contribution in [0.5, 0.6) is 0 Å². The van der Waals surface area contributed by atoms with E-state index in [-0.39, 0.29) is 24.6 Å². The summed E-state index contributed by atoms with van der Waals surface area (Å²) in [6, 6.07) is 8.33. The van der Waals surface area contributed by atoms with Crippen molar-refractivity contribution >= 4 is 12.6 Å². The molecule has 1 aliphatic carbocycles. The van der Waals surface area contributed by atoms with Gasteiger partial charge in [-0.1, -0.05) is 38.1 Å². The molecule has 0 atom stereocenters. The fourth-order valence-electron chi connectivity index (χ4n) is 2.57. The molecular weight excluding hydrogens is 239 g/mol. The van der Waals surface area contributed by atoms with E-state index in [1.165, 1.54) is 5.56 Å². The van der Waals surface area contributed by atoms with Gasteiger partial charge in [-0.05, 0) is 23.9 Å². The Bertz CT molecular complexity index is 441. The van der Waals surface area contributed by atoms with Crippen LogP contribution in [0.3, 0.4) is 0 Å². The summed E-state index contributed by atoms with van der Waals surface area (Å²) in [6.45, 7) is 5.98. The summed E-state index contributed by atoms with van der Waals surface area (Å²) in [7, 11) is -0.244. The Morgan fingerprint density at radius 2 is 1.68 bits per heavy atom. The molecule has 0 unspecified atom stereocenters. The first-order chi connectivity index (χ1) is 9.05. The van der Waals surface area contributed by atoms with Crippen molar-refractivity contribution in [1.82, 2.24) is 0 Å². The number of benzene rings is 1. The van der Waals surface area contributed by atoms with E-state index in [1.54, 1.807) is 0 Å². The van der Waals surface area contributed by atoms with Crippen molar-refractivity contribution in [2.24, 2.45) is 5.41 Å². The van der Waals surface area contributed by atoms with Gasteiger partial charge in [0, 0.05) is 24.0 Å². The number of aliphatic hydroxyl groups is 1. The molecule has 2 fully saturated rings. The first kappa shape index (κ1) is 13.2. The molecule has 0 radical (unpaired) electrons. The van der Waals surface area contributed by atoms with Crippen molar-refractivity contribution in [3.05, 3.63) is 29.8 Å². The average molecular weight is 260 g/mol. The van der Waals surface area contributed by atoms with Crippen LogP contribution in [0.2, 0.25) is 0 Å². The maximum Gasteiger partial charge on any atom is 0.493 e. The molecule has 1 N–H and O–H groups in total. The highest BCUT2D eigenvalue weighted by atomic mass is 16.6. The highest BCUT2D eigenvalue weighted by Crippen LogP contribution is 2.47. The second kappa shape index (κ2) is 4.62. The predicted molar refractivity (Wildman–Crippen MR) is 75.5 cm³/mol. The van der Waals surface area contributed by atoms with Gasteiger partial charge < -0.3 is 14.4 Å². The van der Waals surface area contributed by atoms with Crippen molar-refractivity contribution in [1.29, 1.82) is 0 Å². The van der Waals surface area contributed by atoms with E-state index >= 15 is 0 Å². The quantitative estimate of drug-likeness (QED) is 0.836. The number of aliphatic hydroxyl groups excluding tert-OH is 1. The van der Waals surface area contributed by atoms with Crippen LogP contribution in [0, 0.1) is 5.41 Å². The summed E-state index contributed by atoms with van der Waals surface area (Å²) in [5.74, 6) is 0. The van der Waals surface area contributed by atoms with Gasteiger partial charge in [-0.2, -0.15) is 0 Å². The molecule has 3 nitrogen and oxygen atoms in total. The SMILES string of the molecule is CC1(C)COB(c2ccc(C3(CO)CC3)cc2)OC1. The summed E-state index contributed by atoms with van der Waals surface area (Å²) in [6.07, 6.45) is 2.18. The van der Waals surface area contributed by atoms with Gasteiger partial charge in [0.1, 0.15) is 0 Å². The van der Waals surface area contributed by atoms with E-state index in [0.29, 0.717) is 0 Å². The lowest BCUT2D eigenvalue weighted by molar-refractivity contribution is 0.0343. The Morgan fingerprint density at radius 1 is 1.11 bits per heavy atom. The molecule has 0 aromatic heterocycles. The van der Waals surface area contributed by atoms with Crippen molar-refractivity contribution in [2.45, 2.75) is 32.1 Å². The van der Waals surface area contributed by atoms with Gasteiger partial charge in [0.25, 0.3) is 0 Å². The molecule has 102 valence electrons. The van der Waals surface area contributed by atoms with Crippen molar-refractivity contribution in [2.75, 3.05) is 19.8 Å². The first-order valence-corrected chi connectivity index (χ1v) is 6.99. The zero-order valence-electron chi connectivity index (χ0n) is 11.7. The summed E-state index contributed by atoms with van der Waals surface area (Å²) in [5.41, 5.74) is 2.43. The molecule has 19 heavy (non-hydrogen) atoms. The standard InChI is InChI=1S/C15H21BO3/c1-14(2)10-18-16(19-11-14)13-5-3-12(4-6-13)15(9-17)7-8-15/h3-6,17H,7-11H2,1-2H3. The van der Waals surface area contributed by atoms with E-state index in [2.05, 4.69) is 38.1 Å². The molecule has 1 heterocycles. The van der Waals surface area contributed by atoms with Gasteiger partial charge in [0.05, 0.1) is 6.61 Å². The summed E-state index contributed by atoms with van der Waals surface area (Å²) in [5, 5.41) is 9.44. The Kier molecular flexibility index (Phi) is 3.20. The van der Waals surface area contributed by atoms with E-state index in [4.69, 9.17) is 9.31 Å². The van der Waals surface area contributed by atoms with Gasteiger partial charge in [-0.3, -0.25) is 0 Å². The van der Waals surface area contributed by atoms with Crippen LogP contribution in [0.25, 0.3) is 0 Å². The number of hydrogen-bond acceptors (Lipinski definition) is 3. The molecule has 1 aromatic carbocycles. The highest BCUT2D eigenvalue weighted by molar-refractivity contribution is 6.61. The second-order valence-corrected chi connectivity index (χ2v) is 6.68. The Labute approximate surface area is 115 Å². The van der Waals surface area contributed by atoms with Gasteiger partial charge in [-0.15, -0.1) is 0 Å². The van der Waals surface area contributed by atoms with Crippen LogP contribution in [-0.2, 0) is 14.7 Å². The van der Waals surface area contributed by atoms with Gasteiger partial charge in [-0.25, -0.2) is 0 Å². The molecule has 1 aromatic rings. The zero-order valence-corrected chi connectivity index (χ0v) is 11.7. The highest BCUT2D eigenvalue weighted by Gasteiger charge is 2.43. The molecule has 1 saturated heterocycles. The Morgan fingerprint density at radius 3 is 2.16 bits per heavy atom. The van der Waals surface area contributed by atoms with Gasteiger partial charge in [0.15, 0.2) is 0 Å². The van der Waals surface area contributed by atoms with Gasteiger partial charge >= 0.3 is 7.12 Å². The average Bonchev–Trinajstić information content (AvgIpc) is 3.20. The summed E-state index contributed by atoms with van der Waals surface area (Å²) >= 11 is 0. The van der Waals surface area contributed by atoms with Crippen LogP contribution in [0.15, 0.2) is 24.3 Å². The molecule has 1 aliphatic heterocycles. The summed E-state index contributed by atoms with van der Waals surface area (Å²) < 4.78 is 11.6. The van der Waals surface area contributed by atoms with Gasteiger partial charge in [0.2, 0.25) is 0 Å². The van der Waals surface area contributed by atoms with Crippen LogP contribution in [0.4, 0.5) is 0 Å². The predicted octanol–water partition coefficient (Wildman–Crippen LogP) is 1.48. The van der Waals surface area contributed by atoms with Crippen molar-refractivity contribution in [3.63, 3.8) is 0 Å². The zero-order chi connectivity index (χ0) is 13.5. The topological polar surface area (TPSA) is 38.7 Å². The maximum atomic E-state index is 9.44. The van der Waals surface area contributed by atoms with E-state index < -0.39 is 0 Å². The van der Waals surface area contributed by atoms with Crippen LogP contribution < -0.4 is 5.46 Å². The first-order valence-electron chi connectivity index (χ1n) is 6.99. The smallest absolute Gasteiger partial charge is 0.407 e. The lowest BCUT2D eigenvalue weighted by Crippen LogP contribution is -2.47. The molecule has 3 rings (SSSR count). The minimum absolute atomic E-state index is 0.0365. The molecule has 2 aliphatic rings. The minimum Gasteiger partial charge on any atom is -0.407 e. The number of hydrogen-bond donors (Lipinski definition) is 1. The van der Waals surface area contributed by atoms with Crippen molar-refractivity contribution in [3.8, 4) is 0 Å².